The van der Waals surface area contributed by atoms with Crippen molar-refractivity contribution < 1.29 is 9.53 Å². The van der Waals surface area contributed by atoms with E-state index in [2.05, 4.69) is 5.32 Å². The van der Waals surface area contributed by atoms with Crippen molar-refractivity contribution >= 4 is 16.8 Å². The number of unbranched alkanes of at least 4 members (excludes halogenated alkanes) is 1. The first-order valence-electron chi connectivity index (χ1n) is 9.51. The van der Waals surface area contributed by atoms with Crippen LogP contribution in [0, 0.1) is 0 Å². The molecule has 0 bridgehead atoms. The highest BCUT2D eigenvalue weighted by Gasteiger charge is 2.14. The van der Waals surface area contributed by atoms with E-state index in [0.717, 1.165) is 50.9 Å². The number of nitrogens with zero attached hydrogens (tertiary/aromatic N) is 2. The number of aromatic nitrogens is 2. The Morgan fingerprint density at radius 1 is 1.23 bits per heavy atom. The fourth-order valence-electron chi connectivity index (χ4n) is 3.41. The van der Waals surface area contributed by atoms with Crippen LogP contribution in [-0.4, -0.2) is 35.7 Å². The summed E-state index contributed by atoms with van der Waals surface area (Å²) in [5, 5.41) is 3.50. The Morgan fingerprint density at radius 3 is 2.92 bits per heavy atom. The molecule has 1 aliphatic heterocycles. The lowest BCUT2D eigenvalue weighted by Gasteiger charge is -2.16. The molecule has 1 amide bonds. The number of benzene rings is 1. The molecule has 26 heavy (non-hydrogen) atoms. The maximum atomic E-state index is 12.8. The van der Waals surface area contributed by atoms with E-state index in [-0.39, 0.29) is 11.5 Å². The quantitative estimate of drug-likeness (QED) is 0.807. The Hall–Kier alpha value is -2.21. The number of carbonyl (C=O) groups excluding carboxylic acids is 1. The highest BCUT2D eigenvalue weighted by molar-refractivity contribution is 5.97. The topological polar surface area (TPSA) is 73.2 Å². The molecule has 2 aromatic rings. The summed E-state index contributed by atoms with van der Waals surface area (Å²) >= 11 is 0. The first-order chi connectivity index (χ1) is 12.7. The Kier molecular flexibility index (Phi) is 6.39. The smallest absolute Gasteiger partial charge is 0.261 e. The zero-order valence-electron chi connectivity index (χ0n) is 15.4. The van der Waals surface area contributed by atoms with Crippen LogP contribution in [-0.2, 0) is 17.7 Å². The lowest BCUT2D eigenvalue weighted by atomic mass is 10.1. The number of aryl methyl sites for hydroxylation is 1. The molecule has 0 saturated carbocycles. The average Bonchev–Trinajstić information content (AvgIpc) is 2.62. The Balaban J connectivity index is 1.80. The Morgan fingerprint density at radius 2 is 2.08 bits per heavy atom. The zero-order chi connectivity index (χ0) is 18.4. The van der Waals surface area contributed by atoms with Gasteiger partial charge < -0.3 is 10.1 Å². The molecular weight excluding hydrogens is 330 g/mol. The van der Waals surface area contributed by atoms with E-state index in [9.17, 15) is 9.59 Å². The lowest BCUT2D eigenvalue weighted by molar-refractivity contribution is 0.0951. The van der Waals surface area contributed by atoms with Crippen LogP contribution in [0.15, 0.2) is 23.0 Å². The van der Waals surface area contributed by atoms with Crippen molar-refractivity contribution in [2.75, 3.05) is 20.3 Å². The minimum Gasteiger partial charge on any atom is -0.385 e. The van der Waals surface area contributed by atoms with E-state index in [4.69, 9.17) is 9.72 Å². The van der Waals surface area contributed by atoms with Gasteiger partial charge in [0.15, 0.2) is 0 Å². The van der Waals surface area contributed by atoms with Gasteiger partial charge in [0.2, 0.25) is 0 Å². The van der Waals surface area contributed by atoms with Crippen LogP contribution in [0.25, 0.3) is 10.9 Å². The molecule has 1 aliphatic rings. The Bertz CT molecular complexity index is 829. The molecule has 6 nitrogen and oxygen atoms in total. The van der Waals surface area contributed by atoms with Gasteiger partial charge in [0, 0.05) is 38.8 Å². The van der Waals surface area contributed by atoms with Crippen LogP contribution in [0.5, 0.6) is 0 Å². The van der Waals surface area contributed by atoms with Crippen LogP contribution in [0.4, 0.5) is 0 Å². The highest BCUT2D eigenvalue weighted by Crippen LogP contribution is 2.16. The molecule has 3 rings (SSSR count). The van der Waals surface area contributed by atoms with Gasteiger partial charge in [0.1, 0.15) is 5.82 Å². The van der Waals surface area contributed by atoms with E-state index in [0.29, 0.717) is 29.6 Å². The van der Waals surface area contributed by atoms with Crippen molar-refractivity contribution in [1.29, 1.82) is 0 Å². The molecule has 0 aliphatic carbocycles. The third-order valence-corrected chi connectivity index (χ3v) is 4.89. The van der Waals surface area contributed by atoms with Crippen LogP contribution in [0.1, 0.15) is 54.7 Å². The van der Waals surface area contributed by atoms with Crippen LogP contribution >= 0.6 is 0 Å². The van der Waals surface area contributed by atoms with Gasteiger partial charge in [-0.05, 0) is 43.9 Å². The number of ether oxygens (including phenoxy) is 1. The van der Waals surface area contributed by atoms with Gasteiger partial charge in [-0.1, -0.05) is 12.8 Å². The summed E-state index contributed by atoms with van der Waals surface area (Å²) in [7, 11) is 1.67. The summed E-state index contributed by atoms with van der Waals surface area (Å²) in [4.78, 5) is 29.9. The van der Waals surface area contributed by atoms with E-state index >= 15 is 0 Å². The SMILES string of the molecule is COCCCCNC(=O)c1ccc2c(=O)n3c(nc2c1)CCCCCC3. The minimum atomic E-state index is -0.127. The number of carbonyl (C=O) groups is 1. The predicted octanol–water partition coefficient (Wildman–Crippen LogP) is 2.67. The molecule has 2 heterocycles. The summed E-state index contributed by atoms with van der Waals surface area (Å²) in [5.41, 5.74) is 1.18. The molecule has 0 spiro atoms. The second-order valence-corrected chi connectivity index (χ2v) is 6.84. The molecule has 0 saturated heterocycles. The third-order valence-electron chi connectivity index (χ3n) is 4.89. The van der Waals surface area contributed by atoms with Gasteiger partial charge in [0.25, 0.3) is 11.5 Å². The number of amides is 1. The maximum absolute atomic E-state index is 12.8. The third kappa shape index (κ3) is 4.30. The summed E-state index contributed by atoms with van der Waals surface area (Å²) in [6.07, 6.45) is 7.02. The average molecular weight is 357 g/mol. The molecule has 6 heteroatoms. The van der Waals surface area contributed by atoms with Crippen molar-refractivity contribution in [3.63, 3.8) is 0 Å². The molecule has 0 atom stereocenters. The minimum absolute atomic E-state index is 0.0124. The van der Waals surface area contributed by atoms with E-state index in [1.807, 2.05) is 4.57 Å². The first kappa shape index (κ1) is 18.6. The second-order valence-electron chi connectivity index (χ2n) is 6.84. The molecule has 140 valence electrons. The number of hydrogen-bond acceptors (Lipinski definition) is 4. The molecule has 1 aromatic carbocycles. The number of rotatable bonds is 6. The maximum Gasteiger partial charge on any atom is 0.261 e. The van der Waals surface area contributed by atoms with E-state index in [1.165, 1.54) is 6.42 Å². The standard InChI is InChI=1S/C20H27N3O3/c1-26-13-7-5-11-21-19(24)15-9-10-16-17(14-15)22-18-8-4-2-3-6-12-23(18)20(16)25/h9-10,14H,2-8,11-13H2,1H3,(H,21,24). The Labute approximate surface area is 153 Å². The van der Waals surface area contributed by atoms with Gasteiger partial charge in [-0.25, -0.2) is 4.98 Å². The first-order valence-corrected chi connectivity index (χ1v) is 9.51. The number of hydrogen-bond donors (Lipinski definition) is 1. The van der Waals surface area contributed by atoms with Crippen molar-refractivity contribution in [1.82, 2.24) is 14.9 Å². The molecule has 0 fully saturated rings. The lowest BCUT2D eigenvalue weighted by Crippen LogP contribution is -2.27. The van der Waals surface area contributed by atoms with Crippen molar-refractivity contribution in [3.8, 4) is 0 Å². The molecular formula is C20H27N3O3. The van der Waals surface area contributed by atoms with Crippen molar-refractivity contribution in [3.05, 3.63) is 39.9 Å². The molecule has 1 N–H and O–H groups in total. The van der Waals surface area contributed by atoms with Gasteiger partial charge in [-0.3, -0.25) is 14.2 Å². The van der Waals surface area contributed by atoms with Crippen LogP contribution in [0.3, 0.4) is 0 Å². The summed E-state index contributed by atoms with van der Waals surface area (Å²) in [6.45, 7) is 2.05. The number of methoxy groups -OCH3 is 1. The van der Waals surface area contributed by atoms with Crippen molar-refractivity contribution in [2.24, 2.45) is 0 Å². The highest BCUT2D eigenvalue weighted by atomic mass is 16.5. The second kappa shape index (κ2) is 8.94. The molecule has 1 aromatic heterocycles. The predicted molar refractivity (Wildman–Crippen MR) is 102 cm³/mol. The van der Waals surface area contributed by atoms with E-state index in [1.54, 1.807) is 25.3 Å². The zero-order valence-corrected chi connectivity index (χ0v) is 15.4. The fourth-order valence-corrected chi connectivity index (χ4v) is 3.41. The van der Waals surface area contributed by atoms with Gasteiger partial charge in [0.05, 0.1) is 10.9 Å². The number of fused-ring (bicyclic) bond motifs is 2. The van der Waals surface area contributed by atoms with Crippen molar-refractivity contribution in [2.45, 2.75) is 51.5 Å². The largest absolute Gasteiger partial charge is 0.385 e. The van der Waals surface area contributed by atoms with Crippen LogP contribution in [0.2, 0.25) is 0 Å². The van der Waals surface area contributed by atoms with Gasteiger partial charge >= 0.3 is 0 Å². The number of nitrogens with one attached hydrogen (secondary N) is 1. The normalized spacial score (nSPS) is 14.5. The van der Waals surface area contributed by atoms with E-state index < -0.39 is 0 Å². The summed E-state index contributed by atoms with van der Waals surface area (Å²) < 4.78 is 6.82. The summed E-state index contributed by atoms with van der Waals surface area (Å²) in [5.74, 6) is 0.720. The molecule has 0 unspecified atom stereocenters. The van der Waals surface area contributed by atoms with Gasteiger partial charge in [-0.2, -0.15) is 0 Å². The van der Waals surface area contributed by atoms with Gasteiger partial charge in [-0.15, -0.1) is 0 Å². The summed E-state index contributed by atoms with van der Waals surface area (Å²) in [6, 6.07) is 5.18. The molecule has 0 radical (unpaired) electrons. The van der Waals surface area contributed by atoms with Crippen LogP contribution < -0.4 is 10.9 Å². The fraction of sp³-hybridized carbons (Fsp3) is 0.550. The monoisotopic (exact) mass is 357 g/mol.